The maximum absolute atomic E-state index is 14.1. The van der Waals surface area contributed by atoms with Crippen LogP contribution >= 0.6 is 0 Å². The first-order chi connectivity index (χ1) is 20.4. The number of hydrogen-bond acceptors (Lipinski definition) is 5. The predicted octanol–water partition coefficient (Wildman–Crippen LogP) is 7.19. The molecule has 0 saturated carbocycles. The van der Waals surface area contributed by atoms with Crippen molar-refractivity contribution in [1.82, 2.24) is 25.3 Å². The number of hydrogen-bond donors (Lipinski definition) is 2. The number of methoxy groups -OCH3 is 1. The zero-order chi connectivity index (χ0) is 31.6. The highest BCUT2D eigenvalue weighted by atomic mass is 19.4. The molecule has 0 bridgehead atoms. The van der Waals surface area contributed by atoms with Gasteiger partial charge in [0.15, 0.2) is 0 Å². The Hall–Kier alpha value is -2.95. The van der Waals surface area contributed by atoms with Crippen LogP contribution in [0.3, 0.4) is 0 Å². The molecule has 2 N–H and O–H groups in total. The van der Waals surface area contributed by atoms with E-state index in [0.29, 0.717) is 35.3 Å². The van der Waals surface area contributed by atoms with Gasteiger partial charge in [0.1, 0.15) is 6.54 Å². The largest absolute Gasteiger partial charge is 0.406 e. The van der Waals surface area contributed by atoms with Crippen LogP contribution in [0.5, 0.6) is 0 Å². The van der Waals surface area contributed by atoms with Gasteiger partial charge in [-0.1, -0.05) is 46.6 Å². The number of benzene rings is 1. The molecular formula is C33H48F3N5O2. The minimum Gasteiger partial charge on any atom is -0.375 e. The molecule has 0 aliphatic rings. The van der Waals surface area contributed by atoms with Crippen LogP contribution in [0.2, 0.25) is 0 Å². The summed E-state index contributed by atoms with van der Waals surface area (Å²) in [6.45, 7) is 12.6. The quantitative estimate of drug-likeness (QED) is 0.0971. The van der Waals surface area contributed by atoms with Crippen LogP contribution < -0.4 is 10.9 Å². The Kier molecular flexibility index (Phi) is 12.6. The fourth-order valence-corrected chi connectivity index (χ4v) is 5.61. The smallest absolute Gasteiger partial charge is 0.375 e. The lowest BCUT2D eigenvalue weighted by molar-refractivity contribution is -0.139. The van der Waals surface area contributed by atoms with E-state index < -0.39 is 12.7 Å². The summed E-state index contributed by atoms with van der Waals surface area (Å²) in [7, 11) is 1.58. The van der Waals surface area contributed by atoms with Gasteiger partial charge >= 0.3 is 6.18 Å². The zero-order valence-corrected chi connectivity index (χ0v) is 26.5. The molecule has 0 fully saturated rings. The van der Waals surface area contributed by atoms with E-state index >= 15 is 0 Å². The molecule has 0 radical (unpaired) electrons. The molecule has 2 heterocycles. The highest BCUT2D eigenvalue weighted by Crippen LogP contribution is 2.41. The Morgan fingerprint density at radius 3 is 2.51 bits per heavy atom. The van der Waals surface area contributed by atoms with Crippen LogP contribution in [0, 0.1) is 5.41 Å². The first-order valence-corrected chi connectivity index (χ1v) is 15.2. The molecule has 0 spiro atoms. The molecule has 3 aromatic rings. The summed E-state index contributed by atoms with van der Waals surface area (Å²) in [5.74, 6) is 0. The second-order valence-electron chi connectivity index (χ2n) is 12.4. The van der Waals surface area contributed by atoms with Gasteiger partial charge in [-0.25, -0.2) is 5.43 Å². The monoisotopic (exact) mass is 603 g/mol. The number of rotatable bonds is 17. The number of unbranched alkanes of at least 4 members (excludes halogenated alkanes) is 3. The fraction of sp³-hybridized carbons (Fsp3) is 0.576. The van der Waals surface area contributed by atoms with Gasteiger partial charge in [0.2, 0.25) is 6.41 Å². The third-order valence-electron chi connectivity index (χ3n) is 7.65. The second-order valence-corrected chi connectivity index (χ2v) is 12.4. The Morgan fingerprint density at radius 1 is 1.12 bits per heavy atom. The number of carbonyl (C=O) groups is 1. The number of carbonyl (C=O) groups excluding carboxylic acids is 1. The number of amides is 1. The number of hydrazine groups is 1. The molecule has 2 aromatic heterocycles. The van der Waals surface area contributed by atoms with Crippen LogP contribution in [-0.2, 0) is 29.0 Å². The van der Waals surface area contributed by atoms with Crippen LogP contribution in [-0.4, -0.2) is 53.8 Å². The minimum absolute atomic E-state index is 0.161. The maximum Gasteiger partial charge on any atom is 0.406 e. The molecule has 1 aromatic carbocycles. The van der Waals surface area contributed by atoms with E-state index in [1.54, 1.807) is 19.4 Å². The number of nitrogens with zero attached hydrogens (tertiary/aromatic N) is 3. The van der Waals surface area contributed by atoms with Crippen LogP contribution in [0.4, 0.5) is 13.2 Å². The van der Waals surface area contributed by atoms with Gasteiger partial charge in [-0.15, -0.1) is 0 Å². The van der Waals surface area contributed by atoms with E-state index in [9.17, 15) is 18.0 Å². The number of fused-ring (bicyclic) bond motifs is 1. The normalized spacial score (nSPS) is 13.2. The predicted molar refractivity (Wildman–Crippen MR) is 166 cm³/mol. The average Bonchev–Trinajstić information content (AvgIpc) is 3.22. The Labute approximate surface area is 254 Å². The average molecular weight is 604 g/mol. The number of aromatic nitrogens is 2. The van der Waals surface area contributed by atoms with Crippen molar-refractivity contribution in [3.05, 3.63) is 53.3 Å². The number of alkyl halides is 3. The molecule has 1 atom stereocenters. The highest BCUT2D eigenvalue weighted by molar-refractivity contribution is 5.93. The van der Waals surface area contributed by atoms with Crippen molar-refractivity contribution in [2.45, 2.75) is 92.1 Å². The van der Waals surface area contributed by atoms with E-state index in [2.05, 4.69) is 54.5 Å². The van der Waals surface area contributed by atoms with E-state index in [4.69, 9.17) is 4.74 Å². The number of nitrogens with one attached hydrogen (secondary N) is 2. The molecule has 1 unspecified atom stereocenters. The molecular weight excluding hydrogens is 555 g/mol. The van der Waals surface area contributed by atoms with Crippen molar-refractivity contribution in [3.63, 3.8) is 0 Å². The third-order valence-corrected chi connectivity index (χ3v) is 7.65. The summed E-state index contributed by atoms with van der Waals surface area (Å²) < 4.78 is 49.3. The molecule has 43 heavy (non-hydrogen) atoms. The Morgan fingerprint density at radius 2 is 1.86 bits per heavy atom. The molecule has 3 rings (SSSR count). The van der Waals surface area contributed by atoms with Gasteiger partial charge in [0.05, 0.1) is 17.5 Å². The molecule has 10 heteroatoms. The first kappa shape index (κ1) is 34.5. The van der Waals surface area contributed by atoms with Crippen molar-refractivity contribution in [3.8, 4) is 11.3 Å². The van der Waals surface area contributed by atoms with Crippen molar-refractivity contribution in [2.75, 3.05) is 26.7 Å². The van der Waals surface area contributed by atoms with Gasteiger partial charge < -0.3 is 9.30 Å². The Balaban J connectivity index is 2.01. The molecule has 1 amide bonds. The summed E-state index contributed by atoms with van der Waals surface area (Å²) in [5, 5.41) is 0.860. The summed E-state index contributed by atoms with van der Waals surface area (Å²) in [5.41, 5.74) is 9.58. The molecule has 0 aliphatic heterocycles. The summed E-state index contributed by atoms with van der Waals surface area (Å²) >= 11 is 0. The van der Waals surface area contributed by atoms with Crippen molar-refractivity contribution < 1.29 is 22.7 Å². The lowest BCUT2D eigenvalue weighted by atomic mass is 9.85. The lowest BCUT2D eigenvalue weighted by Gasteiger charge is -2.22. The third kappa shape index (κ3) is 10.0. The molecule has 7 nitrogen and oxygen atoms in total. The van der Waals surface area contributed by atoms with Crippen molar-refractivity contribution in [2.24, 2.45) is 5.41 Å². The zero-order valence-electron chi connectivity index (χ0n) is 26.5. The molecule has 0 saturated heterocycles. The van der Waals surface area contributed by atoms with Gasteiger partial charge in [0, 0.05) is 42.9 Å². The minimum atomic E-state index is -4.40. The van der Waals surface area contributed by atoms with E-state index in [1.807, 2.05) is 25.1 Å². The van der Waals surface area contributed by atoms with Gasteiger partial charge in [-0.05, 0) is 80.1 Å². The van der Waals surface area contributed by atoms with Crippen LogP contribution in [0.15, 0.2) is 36.5 Å². The number of pyridine rings is 1. The summed E-state index contributed by atoms with van der Waals surface area (Å²) in [6.07, 6.45) is 2.32. The highest BCUT2D eigenvalue weighted by Gasteiger charge is 2.33. The van der Waals surface area contributed by atoms with Crippen LogP contribution in [0.1, 0.15) is 83.2 Å². The van der Waals surface area contributed by atoms with Crippen LogP contribution in [0.25, 0.3) is 22.2 Å². The summed E-state index contributed by atoms with van der Waals surface area (Å²) in [4.78, 5) is 17.2. The number of halogens is 3. The first-order valence-electron chi connectivity index (χ1n) is 15.2. The van der Waals surface area contributed by atoms with Gasteiger partial charge in [0.25, 0.3) is 0 Å². The van der Waals surface area contributed by atoms with Gasteiger partial charge in [-0.2, -0.15) is 13.2 Å². The second kappa shape index (κ2) is 15.7. The standard InChI is InChI=1S/C33H48F3N5O2/c1-7-40(18-11-9-8-10-17-38-39-23-42)21-25-14-15-29-27(19-25)28(20-32(3,4)5)31(41(29)22-33(34,35)36)26-13-12-16-37-30(26)24(2)43-6/h12-16,19,23-24,38H,7-11,17-18,20-22H2,1-6H3,(H,39,42). The van der Waals surface area contributed by atoms with Crippen molar-refractivity contribution in [1.29, 1.82) is 0 Å². The summed E-state index contributed by atoms with van der Waals surface area (Å²) in [6, 6.07) is 9.56. The van der Waals surface area contributed by atoms with Crippen molar-refractivity contribution >= 4 is 17.3 Å². The number of ether oxygens (including phenoxy) is 1. The maximum atomic E-state index is 14.1. The lowest BCUT2D eigenvalue weighted by Crippen LogP contribution is -2.30. The Bertz CT molecular complexity index is 1320. The topological polar surface area (TPSA) is 71.4 Å². The van der Waals surface area contributed by atoms with E-state index in [-0.39, 0.29) is 11.5 Å². The van der Waals surface area contributed by atoms with E-state index in [0.717, 1.165) is 68.4 Å². The van der Waals surface area contributed by atoms with Gasteiger partial charge in [-0.3, -0.25) is 20.1 Å². The fourth-order valence-electron chi connectivity index (χ4n) is 5.61. The molecule has 0 aliphatic carbocycles. The van der Waals surface area contributed by atoms with E-state index in [1.165, 1.54) is 4.57 Å². The SMILES string of the molecule is CCN(CCCCCCNNC=O)Cc1ccc2c(c1)c(CC(C)(C)C)c(-c1cccnc1C(C)OC)n2CC(F)(F)F. The molecule has 238 valence electrons.